The van der Waals surface area contributed by atoms with E-state index in [2.05, 4.69) is 4.74 Å². The first-order chi connectivity index (χ1) is 6.61. The molecule has 3 nitrogen and oxygen atoms in total. The molecule has 5 heteroatoms. The third-order valence-corrected chi connectivity index (χ3v) is 2.02. The lowest BCUT2D eigenvalue weighted by molar-refractivity contribution is -0.138. The highest BCUT2D eigenvalue weighted by molar-refractivity contribution is 5.76. The summed E-state index contributed by atoms with van der Waals surface area (Å²) >= 11 is 0. The molecule has 1 saturated heterocycles. The van der Waals surface area contributed by atoms with Crippen LogP contribution < -0.4 is 0 Å². The molecular formula is C9H6F2O3. The van der Waals surface area contributed by atoms with Crippen LogP contribution in [0.4, 0.5) is 8.78 Å². The van der Waals surface area contributed by atoms with Crippen LogP contribution in [0.1, 0.15) is 11.7 Å². The summed E-state index contributed by atoms with van der Waals surface area (Å²) in [6.07, 6.45) is -2.12. The second-order valence-corrected chi connectivity index (χ2v) is 2.95. The fourth-order valence-electron chi connectivity index (χ4n) is 1.30. The van der Waals surface area contributed by atoms with Crippen molar-refractivity contribution in [2.45, 2.75) is 12.2 Å². The maximum absolute atomic E-state index is 13.1. The molecule has 0 aliphatic carbocycles. The fourth-order valence-corrected chi connectivity index (χ4v) is 1.30. The van der Waals surface area contributed by atoms with Crippen molar-refractivity contribution < 1.29 is 23.4 Å². The molecule has 1 aliphatic rings. The van der Waals surface area contributed by atoms with Crippen LogP contribution in [-0.2, 0) is 9.53 Å². The summed E-state index contributed by atoms with van der Waals surface area (Å²) in [4.78, 5) is 10.4. The Morgan fingerprint density at radius 3 is 2.36 bits per heavy atom. The van der Waals surface area contributed by atoms with Gasteiger partial charge in [-0.3, -0.25) is 0 Å². The molecule has 0 saturated carbocycles. The summed E-state index contributed by atoms with van der Waals surface area (Å²) in [5, 5.41) is 8.50. The predicted octanol–water partition coefficient (Wildman–Crippen LogP) is 1.49. The van der Waals surface area contributed by atoms with E-state index in [1.807, 2.05) is 0 Å². The van der Waals surface area contributed by atoms with E-state index in [1.54, 1.807) is 0 Å². The molecule has 74 valence electrons. The van der Waals surface area contributed by atoms with Crippen molar-refractivity contribution in [1.82, 2.24) is 0 Å². The van der Waals surface area contributed by atoms with Gasteiger partial charge in [0.2, 0.25) is 0 Å². The van der Waals surface area contributed by atoms with Crippen LogP contribution in [-0.4, -0.2) is 17.2 Å². The number of carbonyl (C=O) groups is 1. The summed E-state index contributed by atoms with van der Waals surface area (Å²) in [7, 11) is 0. The number of carboxylic acid groups (broad SMARTS) is 1. The minimum Gasteiger partial charge on any atom is -0.479 e. The van der Waals surface area contributed by atoms with Crippen LogP contribution in [0.25, 0.3) is 0 Å². The SMILES string of the molecule is O=C(O)C1OC1c1c(F)cccc1F. The number of carboxylic acids is 1. The zero-order chi connectivity index (χ0) is 10.3. The van der Waals surface area contributed by atoms with Crippen molar-refractivity contribution in [3.8, 4) is 0 Å². The molecule has 2 rings (SSSR count). The highest BCUT2D eigenvalue weighted by atomic mass is 19.1. The molecule has 1 aromatic rings. The van der Waals surface area contributed by atoms with Gasteiger partial charge in [0.1, 0.15) is 17.7 Å². The minimum atomic E-state index is -1.21. The van der Waals surface area contributed by atoms with Crippen LogP contribution in [0.2, 0.25) is 0 Å². The van der Waals surface area contributed by atoms with E-state index >= 15 is 0 Å². The summed E-state index contributed by atoms with van der Waals surface area (Å²) in [5.74, 6) is -2.77. The Hall–Kier alpha value is -1.49. The first kappa shape index (κ1) is 9.08. The third kappa shape index (κ3) is 1.35. The van der Waals surface area contributed by atoms with Crippen LogP contribution in [0, 0.1) is 11.6 Å². The number of epoxide rings is 1. The third-order valence-electron chi connectivity index (χ3n) is 2.02. The van der Waals surface area contributed by atoms with Crippen molar-refractivity contribution in [2.75, 3.05) is 0 Å². The summed E-state index contributed by atoms with van der Waals surface area (Å²) < 4.78 is 30.8. The first-order valence-electron chi connectivity index (χ1n) is 3.93. The molecule has 0 spiro atoms. The molecule has 2 atom stereocenters. The molecule has 0 radical (unpaired) electrons. The molecule has 0 bridgehead atoms. The normalized spacial score (nSPS) is 24.7. The average molecular weight is 200 g/mol. The van der Waals surface area contributed by atoms with Gasteiger partial charge in [-0.15, -0.1) is 0 Å². The topological polar surface area (TPSA) is 49.8 Å². The molecule has 1 fully saturated rings. The Morgan fingerprint density at radius 2 is 1.93 bits per heavy atom. The maximum Gasteiger partial charge on any atom is 0.335 e. The van der Waals surface area contributed by atoms with Gasteiger partial charge in [-0.05, 0) is 12.1 Å². The fraction of sp³-hybridized carbons (Fsp3) is 0.222. The lowest BCUT2D eigenvalue weighted by atomic mass is 10.1. The van der Waals surface area contributed by atoms with Crippen LogP contribution in [0.15, 0.2) is 18.2 Å². The van der Waals surface area contributed by atoms with Crippen molar-refractivity contribution in [2.24, 2.45) is 0 Å². The Morgan fingerprint density at radius 1 is 1.36 bits per heavy atom. The van der Waals surface area contributed by atoms with E-state index in [0.717, 1.165) is 12.1 Å². The van der Waals surface area contributed by atoms with Gasteiger partial charge in [0.05, 0.1) is 5.56 Å². The van der Waals surface area contributed by atoms with Gasteiger partial charge in [-0.25, -0.2) is 13.6 Å². The zero-order valence-electron chi connectivity index (χ0n) is 6.91. The van der Waals surface area contributed by atoms with E-state index in [0.29, 0.717) is 0 Å². The number of aliphatic carboxylic acids is 1. The molecule has 14 heavy (non-hydrogen) atoms. The molecule has 1 aromatic carbocycles. The predicted molar refractivity (Wildman–Crippen MR) is 41.6 cm³/mol. The molecule has 1 heterocycles. The second kappa shape index (κ2) is 3.02. The van der Waals surface area contributed by atoms with Gasteiger partial charge >= 0.3 is 5.97 Å². The molecule has 0 aromatic heterocycles. The maximum atomic E-state index is 13.1. The van der Waals surface area contributed by atoms with Gasteiger partial charge in [0.15, 0.2) is 6.10 Å². The first-order valence-corrected chi connectivity index (χ1v) is 3.93. The van der Waals surface area contributed by atoms with Crippen molar-refractivity contribution >= 4 is 5.97 Å². The molecule has 1 N–H and O–H groups in total. The van der Waals surface area contributed by atoms with Gasteiger partial charge in [-0.1, -0.05) is 6.07 Å². The Balaban J connectivity index is 2.31. The smallest absolute Gasteiger partial charge is 0.335 e. The number of halogens is 2. The lowest BCUT2D eigenvalue weighted by Gasteiger charge is -1.99. The largest absolute Gasteiger partial charge is 0.479 e. The number of hydrogen-bond acceptors (Lipinski definition) is 2. The second-order valence-electron chi connectivity index (χ2n) is 2.95. The minimum absolute atomic E-state index is 0.306. The Labute approximate surface area is 77.9 Å². The molecule has 0 amide bonds. The van der Waals surface area contributed by atoms with Gasteiger partial charge in [0.25, 0.3) is 0 Å². The van der Waals surface area contributed by atoms with Crippen LogP contribution in [0.3, 0.4) is 0 Å². The monoisotopic (exact) mass is 200 g/mol. The van der Waals surface area contributed by atoms with E-state index in [9.17, 15) is 13.6 Å². The van der Waals surface area contributed by atoms with Gasteiger partial charge < -0.3 is 9.84 Å². The van der Waals surface area contributed by atoms with Crippen molar-refractivity contribution in [3.63, 3.8) is 0 Å². The van der Waals surface area contributed by atoms with E-state index < -0.39 is 29.8 Å². The quantitative estimate of drug-likeness (QED) is 0.736. The molecule has 2 unspecified atom stereocenters. The molecular weight excluding hydrogens is 194 g/mol. The van der Waals surface area contributed by atoms with E-state index in [4.69, 9.17) is 5.11 Å². The molecule has 1 aliphatic heterocycles. The van der Waals surface area contributed by atoms with E-state index in [1.165, 1.54) is 6.07 Å². The van der Waals surface area contributed by atoms with Gasteiger partial charge in [-0.2, -0.15) is 0 Å². The van der Waals surface area contributed by atoms with Crippen LogP contribution >= 0.6 is 0 Å². The highest BCUT2D eigenvalue weighted by Gasteiger charge is 2.49. The number of rotatable bonds is 2. The Bertz CT molecular complexity index is 371. The van der Waals surface area contributed by atoms with Crippen LogP contribution in [0.5, 0.6) is 0 Å². The highest BCUT2D eigenvalue weighted by Crippen LogP contribution is 2.41. The summed E-state index contributed by atoms with van der Waals surface area (Å²) in [5.41, 5.74) is -0.306. The number of ether oxygens (including phenoxy) is 1. The zero-order valence-corrected chi connectivity index (χ0v) is 6.91. The summed E-state index contributed by atoms with van der Waals surface area (Å²) in [6.45, 7) is 0. The average Bonchev–Trinajstić information content (AvgIpc) is 2.83. The van der Waals surface area contributed by atoms with E-state index in [-0.39, 0.29) is 5.56 Å². The standard InChI is InChI=1S/C9H6F2O3/c10-4-2-1-3-5(11)6(4)7-8(14-7)9(12)13/h1-3,7-8H,(H,12,13). The summed E-state index contributed by atoms with van der Waals surface area (Å²) in [6, 6.07) is 3.35. The van der Waals surface area contributed by atoms with Crippen molar-refractivity contribution in [1.29, 1.82) is 0 Å². The number of hydrogen-bond donors (Lipinski definition) is 1. The Kier molecular flexibility index (Phi) is 1.96. The lowest BCUT2D eigenvalue weighted by Crippen LogP contribution is -2.06. The van der Waals surface area contributed by atoms with Crippen molar-refractivity contribution in [3.05, 3.63) is 35.4 Å². The number of benzene rings is 1. The van der Waals surface area contributed by atoms with Gasteiger partial charge in [0, 0.05) is 0 Å².